The fourth-order valence-electron chi connectivity index (χ4n) is 2.33. The molecule has 0 saturated carbocycles. The van der Waals surface area contributed by atoms with Gasteiger partial charge in [-0.05, 0) is 0 Å². The highest BCUT2D eigenvalue weighted by atomic mass is 127. The molecular formula is C24H31F6IO8. The van der Waals surface area contributed by atoms with Gasteiger partial charge in [0, 0.05) is 76.7 Å². The number of ether oxygens (including phenoxy) is 5. The Morgan fingerprint density at radius 2 is 0.949 bits per heavy atom. The van der Waals surface area contributed by atoms with Crippen LogP contribution in [0.25, 0.3) is 0 Å². The van der Waals surface area contributed by atoms with Gasteiger partial charge >= 0.3 is 12.4 Å². The smallest absolute Gasteiger partial charge is 0.422 e. The lowest BCUT2D eigenvalue weighted by molar-refractivity contribution is -0.153. The van der Waals surface area contributed by atoms with E-state index in [1.54, 1.807) is 14.2 Å². The topological polar surface area (TPSA) is 107 Å². The van der Waals surface area contributed by atoms with Crippen LogP contribution in [-0.4, -0.2) is 79.4 Å². The van der Waals surface area contributed by atoms with Gasteiger partial charge in [-0.2, -0.15) is 26.3 Å². The summed E-state index contributed by atoms with van der Waals surface area (Å²) >= 11 is 1.27. The highest BCUT2D eigenvalue weighted by Gasteiger charge is 2.28. The van der Waals surface area contributed by atoms with E-state index in [0.717, 1.165) is 12.5 Å². The molecule has 0 amide bonds. The van der Waals surface area contributed by atoms with Crippen molar-refractivity contribution in [3.05, 3.63) is 36.4 Å². The molecule has 0 aliphatic carbocycles. The first-order chi connectivity index (χ1) is 18.2. The van der Waals surface area contributed by atoms with Crippen molar-refractivity contribution >= 4 is 22.6 Å². The molecular weight excluding hydrogens is 657 g/mol. The van der Waals surface area contributed by atoms with E-state index in [9.17, 15) is 31.4 Å². The zero-order valence-electron chi connectivity index (χ0n) is 21.1. The standard InChI is InChI=1S/C12H15F3O4.C10H14O4.C2H2F3I/c1-17-3-2-4-18-10-5-9(16)6-11(7-10)19-8-12(13,14)15;1-13-3-2-4-14-10-6-8(11)5-9(12)7-10;3-2(4,5)1-6/h5-7,16H,2-4,8H2,1H3;5-7,11-12H,2-4H2,1H3;1H2. The van der Waals surface area contributed by atoms with Crippen molar-refractivity contribution in [2.24, 2.45) is 0 Å². The van der Waals surface area contributed by atoms with Gasteiger partial charge in [0.15, 0.2) is 6.61 Å². The van der Waals surface area contributed by atoms with Gasteiger partial charge in [-0.25, -0.2) is 0 Å². The van der Waals surface area contributed by atoms with Crippen molar-refractivity contribution in [1.29, 1.82) is 0 Å². The highest BCUT2D eigenvalue weighted by Crippen LogP contribution is 2.28. The summed E-state index contributed by atoms with van der Waals surface area (Å²) in [6.07, 6.45) is -7.00. The molecule has 0 fully saturated rings. The van der Waals surface area contributed by atoms with E-state index in [2.05, 4.69) is 4.74 Å². The van der Waals surface area contributed by atoms with Crippen molar-refractivity contribution in [3.63, 3.8) is 0 Å². The Kier molecular flexibility index (Phi) is 18.3. The first-order valence-corrected chi connectivity index (χ1v) is 12.6. The number of benzene rings is 2. The number of methoxy groups -OCH3 is 2. The van der Waals surface area contributed by atoms with E-state index >= 15 is 0 Å². The summed E-state index contributed by atoms with van der Waals surface area (Å²) in [6.45, 7) is 0.549. The Balaban J connectivity index is 0.000000631. The normalized spacial score (nSPS) is 11.0. The SMILES string of the molecule is COCCCOc1cc(O)cc(O)c1.COCCCOc1cc(O)cc(OCC(F)(F)F)c1.FC(F)(F)CI. The minimum absolute atomic E-state index is 0.00765. The molecule has 0 atom stereocenters. The van der Waals surface area contributed by atoms with Crippen molar-refractivity contribution in [1.82, 2.24) is 0 Å². The summed E-state index contributed by atoms with van der Waals surface area (Å²) in [6, 6.07) is 7.83. The Labute approximate surface area is 235 Å². The average molecular weight is 688 g/mol. The van der Waals surface area contributed by atoms with Crippen LogP contribution in [0.1, 0.15) is 12.8 Å². The van der Waals surface area contributed by atoms with Crippen LogP contribution < -0.4 is 14.2 Å². The quantitative estimate of drug-likeness (QED) is 0.104. The lowest BCUT2D eigenvalue weighted by Crippen LogP contribution is -2.19. The first kappa shape index (κ1) is 36.5. The van der Waals surface area contributed by atoms with Crippen LogP contribution >= 0.6 is 22.6 Å². The van der Waals surface area contributed by atoms with E-state index in [-0.39, 0.29) is 28.7 Å². The fraction of sp³-hybridized carbons (Fsp3) is 0.500. The average Bonchev–Trinajstić information content (AvgIpc) is 2.82. The molecule has 0 aliphatic rings. The Bertz CT molecular complexity index is 908. The molecule has 2 rings (SSSR count). The monoisotopic (exact) mass is 688 g/mol. The molecule has 0 bridgehead atoms. The third-order valence-electron chi connectivity index (χ3n) is 3.82. The summed E-state index contributed by atoms with van der Waals surface area (Å²) in [5.74, 6) is 0.367. The van der Waals surface area contributed by atoms with E-state index in [4.69, 9.17) is 29.2 Å². The summed E-state index contributed by atoms with van der Waals surface area (Å²) < 4.78 is 92.3. The highest BCUT2D eigenvalue weighted by molar-refractivity contribution is 14.1. The molecule has 0 unspecified atom stereocenters. The summed E-state index contributed by atoms with van der Waals surface area (Å²) in [7, 11) is 3.18. The molecule has 2 aromatic carbocycles. The number of aromatic hydroxyl groups is 3. The second kappa shape index (κ2) is 19.5. The van der Waals surface area contributed by atoms with Gasteiger partial charge in [0.1, 0.15) is 34.5 Å². The molecule has 0 aliphatic heterocycles. The molecule has 224 valence electrons. The molecule has 0 spiro atoms. The van der Waals surface area contributed by atoms with Crippen LogP contribution in [0.3, 0.4) is 0 Å². The van der Waals surface area contributed by atoms with E-state index < -0.39 is 23.4 Å². The Morgan fingerprint density at radius 3 is 1.31 bits per heavy atom. The molecule has 0 heterocycles. The van der Waals surface area contributed by atoms with Gasteiger partial charge in [-0.1, -0.05) is 22.6 Å². The predicted octanol–water partition coefficient (Wildman–Crippen LogP) is 6.25. The number of alkyl halides is 7. The number of phenols is 3. The molecule has 2 aromatic rings. The number of rotatable bonds is 12. The van der Waals surface area contributed by atoms with Crippen LogP contribution in [0.15, 0.2) is 36.4 Å². The Hall–Kier alpha value is -2.53. The zero-order chi connectivity index (χ0) is 29.9. The van der Waals surface area contributed by atoms with Gasteiger partial charge < -0.3 is 39.0 Å². The molecule has 3 N–H and O–H groups in total. The number of hydrogen-bond donors (Lipinski definition) is 3. The number of phenolic OH excluding ortho intramolecular Hbond substituents is 3. The Morgan fingerprint density at radius 1 is 0.590 bits per heavy atom. The molecule has 8 nitrogen and oxygen atoms in total. The van der Waals surface area contributed by atoms with Crippen LogP contribution in [0.4, 0.5) is 26.3 Å². The summed E-state index contributed by atoms with van der Waals surface area (Å²) in [5.41, 5.74) is 0. The third kappa shape index (κ3) is 22.0. The molecule has 0 aromatic heterocycles. The summed E-state index contributed by atoms with van der Waals surface area (Å²) in [5, 5.41) is 27.6. The van der Waals surface area contributed by atoms with Crippen LogP contribution in [0, 0.1) is 0 Å². The first-order valence-electron chi connectivity index (χ1n) is 11.1. The minimum Gasteiger partial charge on any atom is -0.508 e. The number of halogens is 7. The van der Waals surface area contributed by atoms with Crippen LogP contribution in [0.5, 0.6) is 34.5 Å². The molecule has 0 radical (unpaired) electrons. The van der Waals surface area contributed by atoms with Gasteiger partial charge in [-0.3, -0.25) is 0 Å². The summed E-state index contributed by atoms with van der Waals surface area (Å²) in [4.78, 5) is 0. The van der Waals surface area contributed by atoms with E-state index in [1.807, 2.05) is 0 Å². The fourth-order valence-corrected chi connectivity index (χ4v) is 2.33. The van der Waals surface area contributed by atoms with Crippen LogP contribution in [0.2, 0.25) is 0 Å². The van der Waals surface area contributed by atoms with Gasteiger partial charge in [0.2, 0.25) is 0 Å². The van der Waals surface area contributed by atoms with Crippen molar-refractivity contribution < 1.29 is 65.3 Å². The van der Waals surface area contributed by atoms with Crippen molar-refractivity contribution in [3.8, 4) is 34.5 Å². The minimum atomic E-state index is -4.43. The van der Waals surface area contributed by atoms with E-state index in [0.29, 0.717) is 38.6 Å². The molecule has 39 heavy (non-hydrogen) atoms. The van der Waals surface area contributed by atoms with Gasteiger partial charge in [0.05, 0.1) is 17.6 Å². The lowest BCUT2D eigenvalue weighted by atomic mass is 10.3. The van der Waals surface area contributed by atoms with E-state index in [1.165, 1.54) is 52.9 Å². The van der Waals surface area contributed by atoms with Gasteiger partial charge in [-0.15, -0.1) is 0 Å². The van der Waals surface area contributed by atoms with Crippen LogP contribution in [-0.2, 0) is 9.47 Å². The zero-order valence-corrected chi connectivity index (χ0v) is 23.3. The molecule has 0 saturated heterocycles. The number of hydrogen-bond acceptors (Lipinski definition) is 8. The maximum atomic E-state index is 12.0. The molecule has 15 heteroatoms. The second-order valence-corrected chi connectivity index (χ2v) is 8.15. The largest absolute Gasteiger partial charge is 0.508 e. The van der Waals surface area contributed by atoms with Gasteiger partial charge in [0.25, 0.3) is 0 Å². The lowest BCUT2D eigenvalue weighted by Gasteiger charge is -2.11. The third-order valence-corrected chi connectivity index (χ3v) is 4.68. The second-order valence-electron chi connectivity index (χ2n) is 7.39. The van der Waals surface area contributed by atoms with Crippen molar-refractivity contribution in [2.45, 2.75) is 25.2 Å². The maximum absolute atomic E-state index is 12.0. The predicted molar refractivity (Wildman–Crippen MR) is 138 cm³/mol. The maximum Gasteiger partial charge on any atom is 0.422 e. The van der Waals surface area contributed by atoms with Crippen molar-refractivity contribution in [2.75, 3.05) is 51.7 Å².